The van der Waals surface area contributed by atoms with E-state index in [4.69, 9.17) is 34.8 Å². The first kappa shape index (κ1) is 22.4. The highest BCUT2D eigenvalue weighted by Gasteiger charge is 2.40. The number of amides is 1. The Kier molecular flexibility index (Phi) is 6.79. The first-order chi connectivity index (χ1) is 13.6. The molecule has 0 unspecified atom stereocenters. The quantitative estimate of drug-likeness (QED) is 0.611. The van der Waals surface area contributed by atoms with E-state index in [1.807, 2.05) is 12.1 Å². The molecular formula is C22H26Cl3N3O. The molecular weight excluding hydrogens is 429 g/mol. The monoisotopic (exact) mass is 453 g/mol. The van der Waals surface area contributed by atoms with Crippen LogP contribution in [0, 0.1) is 0 Å². The van der Waals surface area contributed by atoms with Gasteiger partial charge in [0.1, 0.15) is 5.15 Å². The maximum atomic E-state index is 12.8. The number of halogens is 3. The van der Waals surface area contributed by atoms with Gasteiger partial charge in [0.15, 0.2) is 0 Å². The summed E-state index contributed by atoms with van der Waals surface area (Å²) < 4.78 is 0. The summed E-state index contributed by atoms with van der Waals surface area (Å²) in [6, 6.07) is 10.6. The number of carbonyl (C=O) groups is 1. The molecule has 0 radical (unpaired) electrons. The maximum Gasteiger partial charge on any atom is 0.252 e. The summed E-state index contributed by atoms with van der Waals surface area (Å²) in [4.78, 5) is 19.8. The van der Waals surface area contributed by atoms with Crippen LogP contribution < -0.4 is 5.32 Å². The third-order valence-electron chi connectivity index (χ3n) is 5.69. The van der Waals surface area contributed by atoms with Crippen LogP contribution in [0.3, 0.4) is 0 Å². The molecule has 2 aromatic rings. The van der Waals surface area contributed by atoms with Gasteiger partial charge in [-0.05, 0) is 77.0 Å². The van der Waals surface area contributed by atoms with Gasteiger partial charge in [-0.1, -0.05) is 40.9 Å². The van der Waals surface area contributed by atoms with Crippen molar-refractivity contribution < 1.29 is 4.79 Å². The average Bonchev–Trinajstić information content (AvgIpc) is 2.66. The normalized spacial score (nSPS) is 17.2. The molecule has 1 fully saturated rings. The Hall–Kier alpha value is -1.33. The number of rotatable bonds is 4. The third kappa shape index (κ3) is 5.24. The summed E-state index contributed by atoms with van der Waals surface area (Å²) in [6.07, 6.45) is 1.76. The van der Waals surface area contributed by atoms with Crippen molar-refractivity contribution in [3.05, 3.63) is 62.9 Å². The lowest BCUT2D eigenvalue weighted by atomic mass is 9.74. The van der Waals surface area contributed by atoms with Crippen LogP contribution in [0.15, 0.2) is 36.4 Å². The van der Waals surface area contributed by atoms with Crippen LogP contribution in [-0.4, -0.2) is 41.0 Å². The van der Waals surface area contributed by atoms with E-state index >= 15 is 0 Å². The van der Waals surface area contributed by atoms with Gasteiger partial charge in [-0.15, -0.1) is 0 Å². The van der Waals surface area contributed by atoms with Gasteiger partial charge in [0, 0.05) is 22.5 Å². The molecule has 1 saturated heterocycles. The fraction of sp³-hybridized carbons (Fsp3) is 0.455. The second kappa shape index (κ2) is 8.81. The standard InChI is InChI=1S/C22H26Cl3N3O/c1-21(2,3)28-11-9-22(10-12-28,18-5-4-6-19(25)27-18)14-26-20(29)16-8-7-15(23)13-17(16)24/h4-8,13H,9-12,14H2,1-3H3,(H,26,29). The molecule has 2 heterocycles. The predicted octanol–water partition coefficient (Wildman–Crippen LogP) is 5.60. The molecule has 0 saturated carbocycles. The Morgan fingerprint density at radius 3 is 2.41 bits per heavy atom. The molecule has 0 bridgehead atoms. The first-order valence-electron chi connectivity index (χ1n) is 9.72. The summed E-state index contributed by atoms with van der Waals surface area (Å²) in [5.41, 5.74) is 1.16. The summed E-state index contributed by atoms with van der Waals surface area (Å²) >= 11 is 18.3. The van der Waals surface area contributed by atoms with E-state index in [2.05, 4.69) is 36.0 Å². The van der Waals surface area contributed by atoms with Gasteiger partial charge in [0.2, 0.25) is 0 Å². The molecule has 1 aliphatic heterocycles. The van der Waals surface area contributed by atoms with Crippen molar-refractivity contribution in [2.75, 3.05) is 19.6 Å². The molecule has 29 heavy (non-hydrogen) atoms. The van der Waals surface area contributed by atoms with Crippen molar-refractivity contribution in [3.63, 3.8) is 0 Å². The van der Waals surface area contributed by atoms with Crippen LogP contribution in [0.25, 0.3) is 0 Å². The molecule has 0 atom stereocenters. The summed E-state index contributed by atoms with van der Waals surface area (Å²) in [7, 11) is 0. The molecule has 1 N–H and O–H groups in total. The van der Waals surface area contributed by atoms with E-state index in [-0.39, 0.29) is 16.9 Å². The minimum absolute atomic E-state index is 0.105. The number of hydrogen-bond acceptors (Lipinski definition) is 3. The smallest absolute Gasteiger partial charge is 0.252 e. The number of benzene rings is 1. The molecule has 0 aliphatic carbocycles. The number of hydrogen-bond donors (Lipinski definition) is 1. The number of nitrogens with one attached hydrogen (secondary N) is 1. The lowest BCUT2D eigenvalue weighted by molar-refractivity contribution is 0.0692. The second-order valence-corrected chi connectivity index (χ2v) is 9.82. The summed E-state index contributed by atoms with van der Waals surface area (Å²) in [5.74, 6) is -0.216. The third-order valence-corrected chi connectivity index (χ3v) is 6.45. The van der Waals surface area contributed by atoms with E-state index in [0.717, 1.165) is 31.6 Å². The van der Waals surface area contributed by atoms with Gasteiger partial charge in [0.25, 0.3) is 5.91 Å². The fourth-order valence-electron chi connectivity index (χ4n) is 3.85. The molecule has 156 valence electrons. The van der Waals surface area contributed by atoms with Crippen LogP contribution in [0.1, 0.15) is 49.7 Å². The SMILES string of the molecule is CC(C)(C)N1CCC(CNC(=O)c2ccc(Cl)cc2Cl)(c2cccc(Cl)n2)CC1. The number of likely N-dealkylation sites (tertiary alicyclic amines) is 1. The number of carbonyl (C=O) groups excluding carboxylic acids is 1. The Labute approximate surface area is 187 Å². The minimum Gasteiger partial charge on any atom is -0.351 e. The predicted molar refractivity (Wildman–Crippen MR) is 120 cm³/mol. The van der Waals surface area contributed by atoms with Gasteiger partial charge in [-0.3, -0.25) is 9.69 Å². The largest absolute Gasteiger partial charge is 0.351 e. The van der Waals surface area contributed by atoms with E-state index in [0.29, 0.717) is 27.3 Å². The Bertz CT molecular complexity index is 887. The zero-order chi connectivity index (χ0) is 21.2. The van der Waals surface area contributed by atoms with Crippen LogP contribution in [0.4, 0.5) is 0 Å². The van der Waals surface area contributed by atoms with Crippen molar-refractivity contribution in [1.82, 2.24) is 15.2 Å². The second-order valence-electron chi connectivity index (χ2n) is 8.59. The van der Waals surface area contributed by atoms with Crippen molar-refractivity contribution in [2.45, 2.75) is 44.6 Å². The van der Waals surface area contributed by atoms with Crippen LogP contribution in [0.2, 0.25) is 15.2 Å². The number of piperidine rings is 1. The zero-order valence-electron chi connectivity index (χ0n) is 16.9. The molecule has 7 heteroatoms. The maximum absolute atomic E-state index is 12.8. The molecule has 3 rings (SSSR count). The molecule has 1 amide bonds. The highest BCUT2D eigenvalue weighted by molar-refractivity contribution is 6.36. The van der Waals surface area contributed by atoms with E-state index in [1.54, 1.807) is 24.3 Å². The van der Waals surface area contributed by atoms with E-state index in [9.17, 15) is 4.79 Å². The highest BCUT2D eigenvalue weighted by atomic mass is 35.5. The first-order valence-corrected chi connectivity index (χ1v) is 10.9. The Morgan fingerprint density at radius 1 is 1.14 bits per heavy atom. The molecule has 1 aromatic heterocycles. The van der Waals surface area contributed by atoms with Crippen molar-refractivity contribution in [3.8, 4) is 0 Å². The summed E-state index contributed by atoms with van der Waals surface area (Å²) in [6.45, 7) is 8.99. The number of pyridine rings is 1. The van der Waals surface area contributed by atoms with Gasteiger partial charge in [-0.2, -0.15) is 0 Å². The van der Waals surface area contributed by atoms with Gasteiger partial charge in [0.05, 0.1) is 16.3 Å². The molecule has 4 nitrogen and oxygen atoms in total. The Balaban J connectivity index is 1.82. The topological polar surface area (TPSA) is 45.2 Å². The van der Waals surface area contributed by atoms with Crippen molar-refractivity contribution in [1.29, 1.82) is 0 Å². The number of aromatic nitrogens is 1. The van der Waals surface area contributed by atoms with E-state index in [1.165, 1.54) is 0 Å². The van der Waals surface area contributed by atoms with Crippen molar-refractivity contribution >= 4 is 40.7 Å². The van der Waals surface area contributed by atoms with E-state index < -0.39 is 0 Å². The molecule has 0 spiro atoms. The molecule has 1 aliphatic rings. The van der Waals surface area contributed by atoms with Crippen LogP contribution in [0.5, 0.6) is 0 Å². The minimum atomic E-state index is -0.277. The van der Waals surface area contributed by atoms with Crippen LogP contribution in [-0.2, 0) is 5.41 Å². The fourth-order valence-corrected chi connectivity index (χ4v) is 4.51. The average molecular weight is 455 g/mol. The highest BCUT2D eigenvalue weighted by Crippen LogP contribution is 2.36. The van der Waals surface area contributed by atoms with Gasteiger partial charge in [-0.25, -0.2) is 4.98 Å². The zero-order valence-corrected chi connectivity index (χ0v) is 19.2. The van der Waals surface area contributed by atoms with Crippen LogP contribution >= 0.6 is 34.8 Å². The number of nitrogens with zero attached hydrogens (tertiary/aromatic N) is 2. The lowest BCUT2D eigenvalue weighted by Crippen LogP contribution is -2.53. The lowest BCUT2D eigenvalue weighted by Gasteiger charge is -2.46. The molecule has 1 aromatic carbocycles. The van der Waals surface area contributed by atoms with Gasteiger partial charge < -0.3 is 5.32 Å². The van der Waals surface area contributed by atoms with Crippen molar-refractivity contribution in [2.24, 2.45) is 0 Å². The van der Waals surface area contributed by atoms with Gasteiger partial charge >= 0.3 is 0 Å². The summed E-state index contributed by atoms with van der Waals surface area (Å²) in [5, 5.41) is 4.38. The Morgan fingerprint density at radius 2 is 1.83 bits per heavy atom.